The van der Waals surface area contributed by atoms with E-state index >= 15 is 0 Å². The number of benzene rings is 1. The summed E-state index contributed by atoms with van der Waals surface area (Å²) < 4.78 is 15.0. The van der Waals surface area contributed by atoms with Crippen LogP contribution in [0.5, 0.6) is 0 Å². The Labute approximate surface area is 182 Å². The molecule has 9 nitrogen and oxygen atoms in total. The van der Waals surface area contributed by atoms with E-state index < -0.39 is 17.6 Å². The molecule has 1 heterocycles. The van der Waals surface area contributed by atoms with Crippen LogP contribution in [0.25, 0.3) is 0 Å². The van der Waals surface area contributed by atoms with Gasteiger partial charge in [0.15, 0.2) is 5.69 Å². The number of hydrogen-bond acceptors (Lipinski definition) is 5. The molecular formula is C20H20ClFN6O3. The SMILES string of the molecule is CNC(=O)c1ncn([C@H]2CC[C@H](C(=O)Nc3c(Cl)cc(F)cc3C#N)CC2)c1C(N)=O. The maximum Gasteiger partial charge on any atom is 0.272 e. The normalized spacial score (nSPS) is 18.1. The van der Waals surface area contributed by atoms with E-state index in [1.807, 2.05) is 6.07 Å². The van der Waals surface area contributed by atoms with Crippen LogP contribution in [0.1, 0.15) is 58.3 Å². The van der Waals surface area contributed by atoms with Crippen molar-refractivity contribution in [3.8, 4) is 6.07 Å². The number of nitrogens with two attached hydrogens (primary N) is 1. The molecule has 0 spiro atoms. The molecule has 0 atom stereocenters. The van der Waals surface area contributed by atoms with Gasteiger partial charge in [0, 0.05) is 19.0 Å². The Kier molecular flexibility index (Phi) is 6.56. The first-order chi connectivity index (χ1) is 14.8. The highest BCUT2D eigenvalue weighted by molar-refractivity contribution is 6.34. The summed E-state index contributed by atoms with van der Waals surface area (Å²) in [5, 5.41) is 14.2. The molecular weight excluding hydrogens is 427 g/mol. The van der Waals surface area contributed by atoms with Gasteiger partial charge in [0.1, 0.15) is 17.6 Å². The number of nitriles is 1. The Morgan fingerprint density at radius 1 is 1.29 bits per heavy atom. The molecule has 1 fully saturated rings. The molecule has 2 aromatic rings. The molecule has 1 aliphatic carbocycles. The van der Waals surface area contributed by atoms with Crippen LogP contribution < -0.4 is 16.4 Å². The van der Waals surface area contributed by atoms with Crippen molar-refractivity contribution >= 4 is 35.0 Å². The summed E-state index contributed by atoms with van der Waals surface area (Å²) in [6, 6.07) is 3.71. The molecule has 0 saturated heterocycles. The van der Waals surface area contributed by atoms with E-state index in [-0.39, 0.29) is 45.5 Å². The average Bonchev–Trinajstić information content (AvgIpc) is 3.20. The zero-order valence-corrected chi connectivity index (χ0v) is 17.4. The standard InChI is InChI=1S/C20H20ClFN6O3/c1-25-20(31)16-17(18(24)29)28(9-26-16)13-4-2-10(3-5-13)19(30)27-15-11(8-23)6-12(22)7-14(15)21/h6-7,9-10,13H,2-5H2,1H3,(H2,24,29)(H,25,31)(H,27,30)/t10-,13-. The van der Waals surface area contributed by atoms with Crippen molar-refractivity contribution < 1.29 is 18.8 Å². The van der Waals surface area contributed by atoms with Gasteiger partial charge in [-0.2, -0.15) is 5.26 Å². The number of imidazole rings is 1. The summed E-state index contributed by atoms with van der Waals surface area (Å²) in [5.41, 5.74) is 5.48. The lowest BCUT2D eigenvalue weighted by Crippen LogP contribution is -2.30. The minimum Gasteiger partial charge on any atom is -0.364 e. The third kappa shape index (κ3) is 4.51. The van der Waals surface area contributed by atoms with Crippen LogP contribution in [0.3, 0.4) is 0 Å². The quantitative estimate of drug-likeness (QED) is 0.646. The zero-order chi connectivity index (χ0) is 22.7. The fraction of sp³-hybridized carbons (Fsp3) is 0.350. The predicted molar refractivity (Wildman–Crippen MR) is 110 cm³/mol. The van der Waals surface area contributed by atoms with Crippen LogP contribution in [-0.4, -0.2) is 34.3 Å². The van der Waals surface area contributed by atoms with E-state index in [9.17, 15) is 24.0 Å². The fourth-order valence-electron chi connectivity index (χ4n) is 3.80. The second-order valence-electron chi connectivity index (χ2n) is 7.21. The van der Waals surface area contributed by atoms with Gasteiger partial charge in [0.2, 0.25) is 5.91 Å². The maximum absolute atomic E-state index is 13.4. The molecule has 1 aliphatic rings. The fourth-order valence-corrected chi connectivity index (χ4v) is 4.05. The van der Waals surface area contributed by atoms with Crippen molar-refractivity contribution in [2.24, 2.45) is 11.7 Å². The van der Waals surface area contributed by atoms with Crippen molar-refractivity contribution in [2.45, 2.75) is 31.7 Å². The topological polar surface area (TPSA) is 143 Å². The smallest absolute Gasteiger partial charge is 0.272 e. The van der Waals surface area contributed by atoms with E-state index in [0.717, 1.165) is 12.1 Å². The van der Waals surface area contributed by atoms with Crippen LogP contribution in [0.2, 0.25) is 5.02 Å². The Hall–Kier alpha value is -3.45. The first-order valence-corrected chi connectivity index (χ1v) is 9.93. The van der Waals surface area contributed by atoms with Crippen molar-refractivity contribution in [1.29, 1.82) is 5.26 Å². The number of amides is 3. The molecule has 31 heavy (non-hydrogen) atoms. The lowest BCUT2D eigenvalue weighted by Gasteiger charge is -2.29. The Bertz CT molecular complexity index is 1090. The molecule has 0 bridgehead atoms. The van der Waals surface area contributed by atoms with Gasteiger partial charge in [-0.1, -0.05) is 11.6 Å². The number of primary amides is 1. The number of carbonyl (C=O) groups excluding carboxylic acids is 3. The summed E-state index contributed by atoms with van der Waals surface area (Å²) in [5.74, 6) is -2.61. The van der Waals surface area contributed by atoms with Crippen molar-refractivity contribution in [1.82, 2.24) is 14.9 Å². The van der Waals surface area contributed by atoms with Gasteiger partial charge in [0.05, 0.1) is 22.6 Å². The first kappa shape index (κ1) is 22.2. The van der Waals surface area contributed by atoms with Gasteiger partial charge in [-0.05, 0) is 37.8 Å². The molecule has 0 radical (unpaired) electrons. The molecule has 3 rings (SSSR count). The van der Waals surface area contributed by atoms with Gasteiger partial charge in [-0.25, -0.2) is 9.37 Å². The summed E-state index contributed by atoms with van der Waals surface area (Å²) >= 11 is 5.99. The molecule has 162 valence electrons. The Balaban J connectivity index is 1.72. The molecule has 0 unspecified atom stereocenters. The van der Waals surface area contributed by atoms with Crippen molar-refractivity contribution in [3.05, 3.63) is 46.3 Å². The van der Waals surface area contributed by atoms with E-state index in [2.05, 4.69) is 15.6 Å². The summed E-state index contributed by atoms with van der Waals surface area (Å²) in [6.07, 6.45) is 3.48. The summed E-state index contributed by atoms with van der Waals surface area (Å²) in [7, 11) is 1.43. The van der Waals surface area contributed by atoms with Gasteiger partial charge in [-0.15, -0.1) is 0 Å². The van der Waals surface area contributed by atoms with Crippen LogP contribution in [0.15, 0.2) is 18.5 Å². The number of nitrogens with one attached hydrogen (secondary N) is 2. The third-order valence-electron chi connectivity index (χ3n) is 5.35. The Morgan fingerprint density at radius 2 is 1.97 bits per heavy atom. The largest absolute Gasteiger partial charge is 0.364 e. The van der Waals surface area contributed by atoms with Gasteiger partial charge < -0.3 is 20.9 Å². The maximum atomic E-state index is 13.4. The zero-order valence-electron chi connectivity index (χ0n) is 16.6. The van der Waals surface area contributed by atoms with E-state index in [1.165, 1.54) is 13.4 Å². The monoisotopic (exact) mass is 446 g/mol. The number of rotatable bonds is 5. The number of anilines is 1. The second-order valence-corrected chi connectivity index (χ2v) is 7.62. The summed E-state index contributed by atoms with van der Waals surface area (Å²) in [6.45, 7) is 0. The van der Waals surface area contributed by atoms with Crippen LogP contribution in [0, 0.1) is 23.1 Å². The van der Waals surface area contributed by atoms with Crippen molar-refractivity contribution in [3.63, 3.8) is 0 Å². The highest BCUT2D eigenvalue weighted by Gasteiger charge is 2.31. The van der Waals surface area contributed by atoms with Gasteiger partial charge >= 0.3 is 0 Å². The van der Waals surface area contributed by atoms with E-state index in [1.54, 1.807) is 4.57 Å². The van der Waals surface area contributed by atoms with Crippen LogP contribution >= 0.6 is 11.6 Å². The molecule has 0 aliphatic heterocycles. The average molecular weight is 447 g/mol. The van der Waals surface area contributed by atoms with E-state index in [0.29, 0.717) is 25.7 Å². The number of nitrogens with zero attached hydrogens (tertiary/aromatic N) is 3. The van der Waals surface area contributed by atoms with Crippen LogP contribution in [0.4, 0.5) is 10.1 Å². The predicted octanol–water partition coefficient (Wildman–Crippen LogP) is 2.38. The molecule has 1 aromatic heterocycles. The molecule has 3 amide bonds. The lowest BCUT2D eigenvalue weighted by atomic mass is 9.85. The molecule has 4 N–H and O–H groups in total. The number of carbonyl (C=O) groups is 3. The molecule has 1 saturated carbocycles. The molecule has 1 aromatic carbocycles. The van der Waals surface area contributed by atoms with Crippen LogP contribution in [-0.2, 0) is 4.79 Å². The lowest BCUT2D eigenvalue weighted by molar-refractivity contribution is -0.121. The number of halogens is 2. The highest BCUT2D eigenvalue weighted by Crippen LogP contribution is 2.35. The minimum absolute atomic E-state index is 0.0315. The first-order valence-electron chi connectivity index (χ1n) is 9.55. The molecule has 11 heteroatoms. The van der Waals surface area contributed by atoms with Gasteiger partial charge in [0.25, 0.3) is 11.8 Å². The summed E-state index contributed by atoms with van der Waals surface area (Å²) in [4.78, 5) is 40.6. The van der Waals surface area contributed by atoms with Crippen molar-refractivity contribution in [2.75, 3.05) is 12.4 Å². The number of aromatic nitrogens is 2. The third-order valence-corrected chi connectivity index (χ3v) is 5.65. The Morgan fingerprint density at radius 3 is 2.55 bits per heavy atom. The highest BCUT2D eigenvalue weighted by atomic mass is 35.5. The number of hydrogen-bond donors (Lipinski definition) is 3. The van der Waals surface area contributed by atoms with E-state index in [4.69, 9.17) is 17.3 Å². The van der Waals surface area contributed by atoms with Gasteiger partial charge in [-0.3, -0.25) is 14.4 Å². The second kappa shape index (κ2) is 9.14. The minimum atomic E-state index is -0.758.